The third kappa shape index (κ3) is 4.67. The van der Waals surface area contributed by atoms with E-state index in [2.05, 4.69) is 26.5 Å². The molecule has 3 aromatic rings. The lowest BCUT2D eigenvalue weighted by Crippen LogP contribution is -2.32. The van der Waals surface area contributed by atoms with E-state index in [0.29, 0.717) is 6.54 Å². The predicted octanol–water partition coefficient (Wildman–Crippen LogP) is 4.30. The highest BCUT2D eigenvalue weighted by molar-refractivity contribution is 8.00. The molecule has 1 aliphatic rings. The van der Waals surface area contributed by atoms with Gasteiger partial charge in [0.15, 0.2) is 5.65 Å². The zero-order valence-electron chi connectivity index (χ0n) is 16.5. The standard InChI is InChI=1S/C22H25N5OS/c1-16(21(28)23-13-12-17-8-4-2-5-9-17)29-22-19-14-26-27(20(19)24-15-25-22)18-10-6-3-7-11-18/h3,6-8,10-11,14-16H,2,4-5,9,12-13H2,1H3,(H,23,28). The Kier molecular flexibility index (Phi) is 6.24. The maximum atomic E-state index is 12.5. The summed E-state index contributed by atoms with van der Waals surface area (Å²) < 4.78 is 1.80. The van der Waals surface area contributed by atoms with Crippen molar-refractivity contribution >= 4 is 28.7 Å². The van der Waals surface area contributed by atoms with Crippen LogP contribution in [0.2, 0.25) is 0 Å². The molecular formula is C22H25N5OS. The molecule has 1 N–H and O–H groups in total. The maximum absolute atomic E-state index is 12.5. The van der Waals surface area contributed by atoms with Crippen LogP contribution in [0.3, 0.4) is 0 Å². The fraction of sp³-hybridized carbons (Fsp3) is 0.364. The van der Waals surface area contributed by atoms with E-state index < -0.39 is 0 Å². The lowest BCUT2D eigenvalue weighted by Gasteiger charge is -2.15. The first-order chi connectivity index (χ1) is 14.2. The molecule has 1 unspecified atom stereocenters. The number of para-hydroxylation sites is 1. The summed E-state index contributed by atoms with van der Waals surface area (Å²) in [6, 6.07) is 9.87. The summed E-state index contributed by atoms with van der Waals surface area (Å²) in [4.78, 5) is 21.3. The Bertz CT molecular complexity index is 1010. The molecular weight excluding hydrogens is 382 g/mol. The van der Waals surface area contributed by atoms with Crippen molar-refractivity contribution < 1.29 is 4.79 Å². The first-order valence-corrected chi connectivity index (χ1v) is 11.0. The fourth-order valence-corrected chi connectivity index (χ4v) is 4.42. The van der Waals surface area contributed by atoms with Gasteiger partial charge in [0, 0.05) is 6.54 Å². The minimum atomic E-state index is -0.242. The molecule has 0 saturated heterocycles. The second-order valence-electron chi connectivity index (χ2n) is 7.22. The third-order valence-electron chi connectivity index (χ3n) is 5.12. The van der Waals surface area contributed by atoms with Crippen LogP contribution in [0.25, 0.3) is 16.7 Å². The van der Waals surface area contributed by atoms with E-state index >= 15 is 0 Å². The maximum Gasteiger partial charge on any atom is 0.233 e. The first kappa shape index (κ1) is 19.6. The Morgan fingerprint density at radius 1 is 1.24 bits per heavy atom. The fourth-order valence-electron chi connectivity index (χ4n) is 3.52. The molecule has 1 aromatic carbocycles. The van der Waals surface area contributed by atoms with Crippen LogP contribution in [-0.4, -0.2) is 37.5 Å². The average molecular weight is 408 g/mol. The highest BCUT2D eigenvalue weighted by atomic mass is 32.2. The predicted molar refractivity (Wildman–Crippen MR) is 116 cm³/mol. The Hall–Kier alpha value is -2.67. The molecule has 1 aliphatic carbocycles. The van der Waals surface area contributed by atoms with Crippen LogP contribution >= 0.6 is 11.8 Å². The molecule has 29 heavy (non-hydrogen) atoms. The number of carbonyl (C=O) groups excluding carboxylic acids is 1. The first-order valence-electron chi connectivity index (χ1n) is 10.1. The van der Waals surface area contributed by atoms with Gasteiger partial charge in [-0.05, 0) is 51.2 Å². The van der Waals surface area contributed by atoms with E-state index in [1.807, 2.05) is 37.3 Å². The molecule has 0 saturated carbocycles. The number of amides is 1. The molecule has 2 heterocycles. The lowest BCUT2D eigenvalue weighted by molar-refractivity contribution is -0.120. The van der Waals surface area contributed by atoms with E-state index in [-0.39, 0.29) is 11.2 Å². The Balaban J connectivity index is 1.41. The molecule has 2 aromatic heterocycles. The number of hydrogen-bond donors (Lipinski definition) is 1. The zero-order chi connectivity index (χ0) is 20.1. The Morgan fingerprint density at radius 2 is 2.10 bits per heavy atom. The van der Waals surface area contributed by atoms with Gasteiger partial charge in [0.2, 0.25) is 5.91 Å². The van der Waals surface area contributed by atoms with E-state index in [0.717, 1.165) is 28.2 Å². The SMILES string of the molecule is CC(Sc1ncnc2c1cnn2-c1ccccc1)C(=O)NCCC1=CCCCC1. The highest BCUT2D eigenvalue weighted by Crippen LogP contribution is 2.29. The Morgan fingerprint density at radius 3 is 2.90 bits per heavy atom. The molecule has 150 valence electrons. The number of carbonyl (C=O) groups is 1. The number of nitrogens with one attached hydrogen (secondary N) is 1. The number of rotatable bonds is 7. The van der Waals surface area contributed by atoms with E-state index in [9.17, 15) is 4.79 Å². The molecule has 1 amide bonds. The number of hydrogen-bond acceptors (Lipinski definition) is 5. The van der Waals surface area contributed by atoms with Crippen molar-refractivity contribution in [3.63, 3.8) is 0 Å². The molecule has 6 nitrogen and oxygen atoms in total. The zero-order valence-corrected chi connectivity index (χ0v) is 17.4. The van der Waals surface area contributed by atoms with Gasteiger partial charge in [0.05, 0.1) is 22.5 Å². The third-order valence-corrected chi connectivity index (χ3v) is 6.23. The van der Waals surface area contributed by atoms with Crippen LogP contribution in [0, 0.1) is 0 Å². The number of thioether (sulfide) groups is 1. The van der Waals surface area contributed by atoms with Crippen LogP contribution in [-0.2, 0) is 4.79 Å². The number of allylic oxidation sites excluding steroid dienone is 1. The highest BCUT2D eigenvalue weighted by Gasteiger charge is 2.18. The number of aromatic nitrogens is 4. The molecule has 1 atom stereocenters. The molecule has 0 bridgehead atoms. The van der Waals surface area contributed by atoms with Crippen LogP contribution < -0.4 is 5.32 Å². The quantitative estimate of drug-likeness (QED) is 0.359. The second kappa shape index (κ2) is 9.22. The van der Waals surface area contributed by atoms with Crippen molar-refractivity contribution in [2.45, 2.75) is 49.3 Å². The summed E-state index contributed by atoms with van der Waals surface area (Å²) in [5.74, 6) is 0.0358. The minimum absolute atomic E-state index is 0.0358. The normalized spacial score (nSPS) is 15.1. The minimum Gasteiger partial charge on any atom is -0.355 e. The van der Waals surface area contributed by atoms with Gasteiger partial charge in [-0.25, -0.2) is 14.6 Å². The van der Waals surface area contributed by atoms with Gasteiger partial charge in [-0.3, -0.25) is 4.79 Å². The molecule has 0 spiro atoms. The van der Waals surface area contributed by atoms with Gasteiger partial charge in [-0.15, -0.1) is 0 Å². The van der Waals surface area contributed by atoms with Crippen molar-refractivity contribution in [1.29, 1.82) is 0 Å². The van der Waals surface area contributed by atoms with Crippen molar-refractivity contribution in [2.75, 3.05) is 6.54 Å². The summed E-state index contributed by atoms with van der Waals surface area (Å²) in [6.07, 6.45) is 11.5. The van der Waals surface area contributed by atoms with Gasteiger partial charge in [-0.2, -0.15) is 5.10 Å². The van der Waals surface area contributed by atoms with Gasteiger partial charge < -0.3 is 5.32 Å². The summed E-state index contributed by atoms with van der Waals surface area (Å²) >= 11 is 1.44. The van der Waals surface area contributed by atoms with Crippen molar-refractivity contribution in [2.24, 2.45) is 0 Å². The van der Waals surface area contributed by atoms with Crippen molar-refractivity contribution in [3.05, 3.63) is 54.5 Å². The summed E-state index contributed by atoms with van der Waals surface area (Å²) in [5, 5.41) is 8.92. The van der Waals surface area contributed by atoms with Crippen LogP contribution in [0.15, 0.2) is 59.5 Å². The Labute approximate surface area is 174 Å². The van der Waals surface area contributed by atoms with Crippen LogP contribution in [0.1, 0.15) is 39.0 Å². The molecule has 0 radical (unpaired) electrons. The van der Waals surface area contributed by atoms with Gasteiger partial charge in [0.25, 0.3) is 0 Å². The number of fused-ring (bicyclic) bond motifs is 1. The summed E-state index contributed by atoms with van der Waals surface area (Å²) in [6.45, 7) is 2.61. The molecule has 0 aliphatic heterocycles. The number of nitrogens with zero attached hydrogens (tertiary/aromatic N) is 4. The molecule has 7 heteroatoms. The molecule has 0 fully saturated rings. The van der Waals surface area contributed by atoms with E-state index in [1.54, 1.807) is 10.9 Å². The monoisotopic (exact) mass is 407 g/mol. The van der Waals surface area contributed by atoms with Crippen molar-refractivity contribution in [3.8, 4) is 5.69 Å². The summed E-state index contributed by atoms with van der Waals surface area (Å²) in [7, 11) is 0. The topological polar surface area (TPSA) is 72.7 Å². The van der Waals surface area contributed by atoms with E-state index in [1.165, 1.54) is 49.3 Å². The van der Waals surface area contributed by atoms with Gasteiger partial charge >= 0.3 is 0 Å². The van der Waals surface area contributed by atoms with Crippen LogP contribution in [0.4, 0.5) is 0 Å². The summed E-state index contributed by atoms with van der Waals surface area (Å²) in [5.41, 5.74) is 3.16. The van der Waals surface area contributed by atoms with Gasteiger partial charge in [-0.1, -0.05) is 41.6 Å². The van der Waals surface area contributed by atoms with E-state index in [4.69, 9.17) is 0 Å². The van der Waals surface area contributed by atoms with Gasteiger partial charge in [0.1, 0.15) is 11.4 Å². The average Bonchev–Trinajstić information content (AvgIpc) is 3.20. The largest absolute Gasteiger partial charge is 0.355 e. The smallest absolute Gasteiger partial charge is 0.233 e. The second-order valence-corrected chi connectivity index (χ2v) is 8.55. The van der Waals surface area contributed by atoms with Crippen LogP contribution in [0.5, 0.6) is 0 Å². The van der Waals surface area contributed by atoms with Crippen molar-refractivity contribution in [1.82, 2.24) is 25.1 Å². The number of benzene rings is 1. The molecule has 4 rings (SSSR count). The lowest BCUT2D eigenvalue weighted by atomic mass is 9.97.